The van der Waals surface area contributed by atoms with Crippen molar-refractivity contribution in [2.24, 2.45) is 0 Å². The number of ketones is 1. The predicted molar refractivity (Wildman–Crippen MR) is 147 cm³/mol. The molecule has 3 heteroatoms. The lowest BCUT2D eigenvalue weighted by Crippen LogP contribution is -2.14. The van der Waals surface area contributed by atoms with Crippen LogP contribution in [-0.2, 0) is 0 Å². The molecule has 0 aliphatic heterocycles. The SMILES string of the molecule is O=C(CC[C@H](c1ccccc1)n1c(-c2ccccc2)nc2cc3ccccc3cc21)c1ccccc1. The first-order chi connectivity index (χ1) is 17.8. The molecule has 0 aliphatic rings. The van der Waals surface area contributed by atoms with E-state index in [1.54, 1.807) is 0 Å². The highest BCUT2D eigenvalue weighted by Crippen LogP contribution is 2.36. The highest BCUT2D eigenvalue weighted by Gasteiger charge is 2.23. The number of hydrogen-bond acceptors (Lipinski definition) is 2. The van der Waals surface area contributed by atoms with Crippen molar-refractivity contribution in [3.8, 4) is 11.4 Å². The lowest BCUT2D eigenvalue weighted by Gasteiger charge is -2.23. The van der Waals surface area contributed by atoms with E-state index in [0.29, 0.717) is 12.8 Å². The monoisotopic (exact) mass is 466 g/mol. The van der Waals surface area contributed by atoms with Crippen molar-refractivity contribution in [3.63, 3.8) is 0 Å². The van der Waals surface area contributed by atoms with E-state index in [1.807, 2.05) is 54.6 Å². The standard InChI is InChI=1S/C33H26N2O/c36-32(25-14-6-2-7-15-25)21-20-30(24-12-4-1-5-13-24)35-31-23-28-19-11-10-18-27(28)22-29(31)34-33(35)26-16-8-3-9-17-26/h1-19,22-23,30H,20-21H2/t30-/m1/s1. The molecule has 0 bridgehead atoms. The van der Waals surface area contributed by atoms with Crippen molar-refractivity contribution in [2.45, 2.75) is 18.9 Å². The van der Waals surface area contributed by atoms with Crippen LogP contribution < -0.4 is 0 Å². The second kappa shape index (κ2) is 9.63. The van der Waals surface area contributed by atoms with Crippen molar-refractivity contribution in [2.75, 3.05) is 0 Å². The van der Waals surface area contributed by atoms with Gasteiger partial charge in [0, 0.05) is 17.5 Å². The maximum Gasteiger partial charge on any atom is 0.162 e. The molecule has 0 N–H and O–H groups in total. The molecule has 3 nitrogen and oxygen atoms in total. The Hall–Kier alpha value is -4.50. The van der Waals surface area contributed by atoms with Crippen LogP contribution >= 0.6 is 0 Å². The molecule has 0 unspecified atom stereocenters. The van der Waals surface area contributed by atoms with Crippen LogP contribution in [0.2, 0.25) is 0 Å². The van der Waals surface area contributed by atoms with Crippen LogP contribution in [0.4, 0.5) is 0 Å². The Morgan fingerprint density at radius 2 is 1.28 bits per heavy atom. The Labute approximate surface area is 210 Å². The topological polar surface area (TPSA) is 34.9 Å². The average molecular weight is 467 g/mol. The molecule has 0 radical (unpaired) electrons. The average Bonchev–Trinajstić information content (AvgIpc) is 3.31. The third kappa shape index (κ3) is 4.20. The van der Waals surface area contributed by atoms with Gasteiger partial charge in [-0.25, -0.2) is 4.98 Å². The molecule has 0 amide bonds. The van der Waals surface area contributed by atoms with Gasteiger partial charge in [0.05, 0.1) is 17.1 Å². The lowest BCUT2D eigenvalue weighted by atomic mass is 9.97. The normalized spacial score (nSPS) is 12.1. The number of carbonyl (C=O) groups is 1. The smallest absolute Gasteiger partial charge is 0.162 e. The van der Waals surface area contributed by atoms with Gasteiger partial charge in [0.15, 0.2) is 5.78 Å². The first kappa shape index (κ1) is 22.0. The van der Waals surface area contributed by atoms with E-state index in [1.165, 1.54) is 16.3 Å². The minimum absolute atomic E-state index is 0.0415. The predicted octanol–water partition coefficient (Wildman–Crippen LogP) is 8.11. The molecule has 5 aromatic carbocycles. The number of fused-ring (bicyclic) bond motifs is 2. The van der Waals surface area contributed by atoms with E-state index in [4.69, 9.17) is 4.98 Å². The summed E-state index contributed by atoms with van der Waals surface area (Å²) >= 11 is 0. The van der Waals surface area contributed by atoms with Crippen LogP contribution in [0.3, 0.4) is 0 Å². The molecular formula is C33H26N2O. The van der Waals surface area contributed by atoms with Crippen molar-refractivity contribution >= 4 is 27.6 Å². The Kier molecular flexibility index (Phi) is 5.88. The van der Waals surface area contributed by atoms with Crippen LogP contribution in [0.1, 0.15) is 34.8 Å². The molecule has 0 saturated carbocycles. The van der Waals surface area contributed by atoms with Crippen molar-refractivity contribution in [1.29, 1.82) is 0 Å². The van der Waals surface area contributed by atoms with E-state index in [-0.39, 0.29) is 11.8 Å². The molecule has 1 aromatic heterocycles. The molecule has 0 saturated heterocycles. The number of hydrogen-bond donors (Lipinski definition) is 0. The second-order valence-corrected chi connectivity index (χ2v) is 9.11. The summed E-state index contributed by atoms with van der Waals surface area (Å²) in [5.74, 6) is 1.08. The van der Waals surface area contributed by atoms with Crippen LogP contribution in [-0.4, -0.2) is 15.3 Å². The fourth-order valence-corrected chi connectivity index (χ4v) is 5.04. The number of carbonyl (C=O) groups excluding carboxylic acids is 1. The van der Waals surface area contributed by atoms with Gasteiger partial charge in [-0.05, 0) is 34.9 Å². The zero-order valence-corrected chi connectivity index (χ0v) is 19.9. The van der Waals surface area contributed by atoms with Gasteiger partial charge < -0.3 is 4.57 Å². The largest absolute Gasteiger partial charge is 0.316 e. The molecule has 1 atom stereocenters. The van der Waals surface area contributed by atoms with Crippen molar-refractivity contribution in [3.05, 3.63) is 139 Å². The van der Waals surface area contributed by atoms with Crippen LogP contribution in [0.15, 0.2) is 127 Å². The first-order valence-corrected chi connectivity index (χ1v) is 12.4. The Morgan fingerprint density at radius 1 is 0.694 bits per heavy atom. The maximum absolute atomic E-state index is 13.1. The molecule has 6 aromatic rings. The number of nitrogens with zero attached hydrogens (tertiary/aromatic N) is 2. The minimum atomic E-state index is -0.0415. The quantitative estimate of drug-likeness (QED) is 0.223. The van der Waals surface area contributed by atoms with Gasteiger partial charge in [-0.1, -0.05) is 115 Å². The van der Waals surface area contributed by atoms with E-state index in [0.717, 1.165) is 28.0 Å². The fourth-order valence-electron chi connectivity index (χ4n) is 5.04. The molecule has 0 aliphatic carbocycles. The molecule has 174 valence electrons. The Balaban J connectivity index is 1.53. The van der Waals surface area contributed by atoms with Gasteiger partial charge in [0.25, 0.3) is 0 Å². The van der Waals surface area contributed by atoms with E-state index < -0.39 is 0 Å². The van der Waals surface area contributed by atoms with E-state index in [9.17, 15) is 4.79 Å². The van der Waals surface area contributed by atoms with Gasteiger partial charge in [0.1, 0.15) is 5.82 Å². The summed E-state index contributed by atoms with van der Waals surface area (Å²) in [5, 5.41) is 2.35. The summed E-state index contributed by atoms with van der Waals surface area (Å²) < 4.78 is 2.34. The zero-order valence-electron chi connectivity index (χ0n) is 19.9. The summed E-state index contributed by atoms with van der Waals surface area (Å²) in [5.41, 5.74) is 5.03. The molecule has 0 fully saturated rings. The summed E-state index contributed by atoms with van der Waals surface area (Å²) in [6, 6.07) is 43.2. The lowest BCUT2D eigenvalue weighted by molar-refractivity contribution is 0.0976. The van der Waals surface area contributed by atoms with E-state index in [2.05, 4.69) is 77.4 Å². The number of aromatic nitrogens is 2. The van der Waals surface area contributed by atoms with Crippen molar-refractivity contribution in [1.82, 2.24) is 9.55 Å². The van der Waals surface area contributed by atoms with Gasteiger partial charge >= 0.3 is 0 Å². The highest BCUT2D eigenvalue weighted by atomic mass is 16.1. The summed E-state index contributed by atoms with van der Waals surface area (Å²) in [6.45, 7) is 0. The van der Waals surface area contributed by atoms with Crippen LogP contribution in [0, 0.1) is 0 Å². The Morgan fingerprint density at radius 3 is 1.97 bits per heavy atom. The zero-order chi connectivity index (χ0) is 24.3. The summed E-state index contributed by atoms with van der Waals surface area (Å²) in [4.78, 5) is 18.3. The molecular weight excluding hydrogens is 440 g/mol. The fraction of sp³-hybridized carbons (Fsp3) is 0.0909. The number of Topliss-reactive ketones (excluding diaryl/α,β-unsaturated/α-hetero) is 1. The molecule has 1 heterocycles. The number of benzene rings is 5. The molecule has 36 heavy (non-hydrogen) atoms. The second-order valence-electron chi connectivity index (χ2n) is 9.11. The van der Waals surface area contributed by atoms with Gasteiger partial charge in [0.2, 0.25) is 0 Å². The molecule has 0 spiro atoms. The third-order valence-electron chi connectivity index (χ3n) is 6.83. The van der Waals surface area contributed by atoms with Crippen molar-refractivity contribution < 1.29 is 4.79 Å². The van der Waals surface area contributed by atoms with Crippen LogP contribution in [0.5, 0.6) is 0 Å². The van der Waals surface area contributed by atoms with Gasteiger partial charge in [-0.2, -0.15) is 0 Å². The number of imidazole rings is 1. The summed E-state index contributed by atoms with van der Waals surface area (Å²) in [6.07, 6.45) is 1.13. The van der Waals surface area contributed by atoms with Crippen LogP contribution in [0.25, 0.3) is 33.2 Å². The first-order valence-electron chi connectivity index (χ1n) is 12.4. The Bertz CT molecular complexity index is 1640. The van der Waals surface area contributed by atoms with Gasteiger partial charge in [-0.15, -0.1) is 0 Å². The maximum atomic E-state index is 13.1. The summed E-state index contributed by atoms with van der Waals surface area (Å²) in [7, 11) is 0. The molecule has 6 rings (SSSR count). The highest BCUT2D eigenvalue weighted by molar-refractivity contribution is 5.97. The van der Waals surface area contributed by atoms with E-state index >= 15 is 0 Å². The van der Waals surface area contributed by atoms with Gasteiger partial charge in [-0.3, -0.25) is 4.79 Å². The minimum Gasteiger partial charge on any atom is -0.316 e. The number of rotatable bonds is 7. The third-order valence-corrected chi connectivity index (χ3v) is 6.83.